The molecule has 0 spiro atoms. The zero-order chi connectivity index (χ0) is 9.80. The first kappa shape index (κ1) is 9.99. The molecular weight excluding hydrogens is 197 g/mol. The molecule has 1 atom stereocenters. The maximum Gasteiger partial charge on any atom is 0.126 e. The molecule has 0 aliphatic carbocycles. The minimum Gasteiger partial charge on any atom is -0.315 e. The van der Waals surface area contributed by atoms with Crippen molar-refractivity contribution in [2.75, 3.05) is 18.8 Å². The third kappa shape index (κ3) is 2.49. The lowest BCUT2D eigenvalue weighted by Gasteiger charge is -2.22. The number of halogens is 1. The highest BCUT2D eigenvalue weighted by Crippen LogP contribution is 2.19. The van der Waals surface area contributed by atoms with Crippen LogP contribution in [0.2, 0.25) is 0 Å². The number of hydrogen-bond donors (Lipinski definition) is 1. The number of rotatable bonds is 2. The van der Waals surface area contributed by atoms with Gasteiger partial charge in [0.1, 0.15) is 5.82 Å². The SMILES string of the molecule is Fc1ccccc1CC1CNCCS1. The minimum absolute atomic E-state index is 0.0707. The molecule has 1 aromatic rings. The molecule has 1 aliphatic rings. The second-order valence-electron chi connectivity index (χ2n) is 3.49. The molecule has 76 valence electrons. The molecule has 3 heteroatoms. The van der Waals surface area contributed by atoms with Gasteiger partial charge in [0.25, 0.3) is 0 Å². The van der Waals surface area contributed by atoms with Crippen LogP contribution in [-0.2, 0) is 6.42 Å². The Kier molecular flexibility index (Phi) is 3.43. The maximum absolute atomic E-state index is 13.3. The Balaban J connectivity index is 1.99. The number of benzene rings is 1. The fraction of sp³-hybridized carbons (Fsp3) is 0.455. The maximum atomic E-state index is 13.3. The van der Waals surface area contributed by atoms with E-state index in [1.54, 1.807) is 6.07 Å². The van der Waals surface area contributed by atoms with E-state index in [4.69, 9.17) is 0 Å². The van der Waals surface area contributed by atoms with Gasteiger partial charge in [-0.05, 0) is 18.1 Å². The second kappa shape index (κ2) is 4.80. The molecule has 1 N–H and O–H groups in total. The number of nitrogens with one attached hydrogen (secondary N) is 1. The molecule has 1 saturated heterocycles. The second-order valence-corrected chi connectivity index (χ2v) is 4.90. The standard InChI is InChI=1S/C11H14FNS/c12-11-4-2-1-3-9(11)7-10-8-13-5-6-14-10/h1-4,10,13H,5-8H2. The van der Waals surface area contributed by atoms with Gasteiger partial charge in [-0.2, -0.15) is 11.8 Å². The van der Waals surface area contributed by atoms with E-state index < -0.39 is 0 Å². The predicted octanol–water partition coefficient (Wildman–Crippen LogP) is 2.07. The molecule has 14 heavy (non-hydrogen) atoms. The summed E-state index contributed by atoms with van der Waals surface area (Å²) in [5, 5.41) is 3.86. The van der Waals surface area contributed by atoms with Crippen molar-refractivity contribution in [3.63, 3.8) is 0 Å². The highest BCUT2D eigenvalue weighted by Gasteiger charge is 2.15. The van der Waals surface area contributed by atoms with Gasteiger partial charge in [0.2, 0.25) is 0 Å². The van der Waals surface area contributed by atoms with E-state index in [0.717, 1.165) is 30.8 Å². The van der Waals surface area contributed by atoms with E-state index in [1.165, 1.54) is 6.07 Å². The molecule has 0 amide bonds. The summed E-state index contributed by atoms with van der Waals surface area (Å²) in [5.74, 6) is 1.07. The fourth-order valence-corrected chi connectivity index (χ4v) is 2.79. The van der Waals surface area contributed by atoms with Crippen molar-refractivity contribution in [3.05, 3.63) is 35.6 Å². The van der Waals surface area contributed by atoms with Gasteiger partial charge in [-0.15, -0.1) is 0 Å². The van der Waals surface area contributed by atoms with Gasteiger partial charge >= 0.3 is 0 Å². The average molecular weight is 211 g/mol. The van der Waals surface area contributed by atoms with E-state index in [-0.39, 0.29) is 5.82 Å². The highest BCUT2D eigenvalue weighted by atomic mass is 32.2. The van der Waals surface area contributed by atoms with Crippen molar-refractivity contribution in [3.8, 4) is 0 Å². The molecule has 1 fully saturated rings. The first-order valence-electron chi connectivity index (χ1n) is 4.92. The molecule has 0 saturated carbocycles. The summed E-state index contributed by atoms with van der Waals surface area (Å²) in [7, 11) is 0. The van der Waals surface area contributed by atoms with Crippen LogP contribution in [-0.4, -0.2) is 24.1 Å². The van der Waals surface area contributed by atoms with Gasteiger partial charge in [-0.25, -0.2) is 4.39 Å². The largest absolute Gasteiger partial charge is 0.315 e. The van der Waals surface area contributed by atoms with Crippen LogP contribution in [0.25, 0.3) is 0 Å². The Hall–Kier alpha value is -0.540. The average Bonchev–Trinajstić information content (AvgIpc) is 2.23. The lowest BCUT2D eigenvalue weighted by molar-refractivity contribution is 0.596. The van der Waals surface area contributed by atoms with E-state index in [0.29, 0.717) is 5.25 Å². The molecule has 0 radical (unpaired) electrons. The number of thioether (sulfide) groups is 1. The first-order chi connectivity index (χ1) is 6.86. The Morgan fingerprint density at radius 1 is 1.43 bits per heavy atom. The topological polar surface area (TPSA) is 12.0 Å². The summed E-state index contributed by atoms with van der Waals surface area (Å²) < 4.78 is 13.3. The quantitative estimate of drug-likeness (QED) is 0.803. The molecule has 2 rings (SSSR count). The highest BCUT2D eigenvalue weighted by molar-refractivity contribution is 8.00. The van der Waals surface area contributed by atoms with Crippen LogP contribution in [0, 0.1) is 5.82 Å². The van der Waals surface area contributed by atoms with Crippen LogP contribution >= 0.6 is 11.8 Å². The molecule has 0 bridgehead atoms. The molecule has 1 heterocycles. The smallest absolute Gasteiger partial charge is 0.126 e. The molecule has 1 aromatic carbocycles. The Morgan fingerprint density at radius 3 is 3.00 bits per heavy atom. The normalized spacial score (nSPS) is 22.2. The van der Waals surface area contributed by atoms with Crippen LogP contribution < -0.4 is 5.32 Å². The van der Waals surface area contributed by atoms with Gasteiger partial charge in [0.05, 0.1) is 0 Å². The van der Waals surface area contributed by atoms with Gasteiger partial charge in [-0.3, -0.25) is 0 Å². The van der Waals surface area contributed by atoms with E-state index in [1.807, 2.05) is 23.9 Å². The van der Waals surface area contributed by atoms with E-state index >= 15 is 0 Å². The molecule has 0 aromatic heterocycles. The monoisotopic (exact) mass is 211 g/mol. The fourth-order valence-electron chi connectivity index (χ4n) is 1.66. The third-order valence-corrected chi connectivity index (χ3v) is 3.65. The van der Waals surface area contributed by atoms with Crippen LogP contribution in [0.15, 0.2) is 24.3 Å². The lowest BCUT2D eigenvalue weighted by atomic mass is 10.1. The Bertz CT molecular complexity index is 297. The van der Waals surface area contributed by atoms with Crippen molar-refractivity contribution < 1.29 is 4.39 Å². The van der Waals surface area contributed by atoms with Crippen molar-refractivity contribution in [2.45, 2.75) is 11.7 Å². The van der Waals surface area contributed by atoms with E-state index in [2.05, 4.69) is 5.32 Å². The van der Waals surface area contributed by atoms with Crippen molar-refractivity contribution in [1.29, 1.82) is 0 Å². The van der Waals surface area contributed by atoms with Crippen LogP contribution in [0.1, 0.15) is 5.56 Å². The molecule has 1 unspecified atom stereocenters. The van der Waals surface area contributed by atoms with Gasteiger partial charge in [0, 0.05) is 24.1 Å². The van der Waals surface area contributed by atoms with Crippen molar-refractivity contribution in [1.82, 2.24) is 5.32 Å². The molecule has 1 aliphatic heterocycles. The Morgan fingerprint density at radius 2 is 2.29 bits per heavy atom. The zero-order valence-electron chi connectivity index (χ0n) is 8.00. The van der Waals surface area contributed by atoms with Crippen LogP contribution in [0.3, 0.4) is 0 Å². The van der Waals surface area contributed by atoms with Crippen LogP contribution in [0.5, 0.6) is 0 Å². The summed E-state index contributed by atoms with van der Waals surface area (Å²) in [5.41, 5.74) is 0.841. The minimum atomic E-state index is -0.0707. The summed E-state index contributed by atoms with van der Waals surface area (Å²) in [6, 6.07) is 7.06. The van der Waals surface area contributed by atoms with Crippen molar-refractivity contribution >= 4 is 11.8 Å². The first-order valence-corrected chi connectivity index (χ1v) is 5.97. The summed E-state index contributed by atoms with van der Waals surface area (Å²) in [4.78, 5) is 0. The van der Waals surface area contributed by atoms with Crippen molar-refractivity contribution in [2.24, 2.45) is 0 Å². The summed E-state index contributed by atoms with van der Waals surface area (Å²) >= 11 is 1.94. The lowest BCUT2D eigenvalue weighted by Crippen LogP contribution is -2.33. The summed E-state index contributed by atoms with van der Waals surface area (Å²) in [6.45, 7) is 2.08. The van der Waals surface area contributed by atoms with Crippen LogP contribution in [0.4, 0.5) is 4.39 Å². The number of hydrogen-bond acceptors (Lipinski definition) is 2. The molecular formula is C11H14FNS. The summed E-state index contributed by atoms with van der Waals surface area (Å²) in [6.07, 6.45) is 0.838. The third-order valence-electron chi connectivity index (χ3n) is 2.41. The van der Waals surface area contributed by atoms with Gasteiger partial charge < -0.3 is 5.32 Å². The van der Waals surface area contributed by atoms with Gasteiger partial charge in [-0.1, -0.05) is 18.2 Å². The van der Waals surface area contributed by atoms with Gasteiger partial charge in [0.15, 0.2) is 0 Å². The van der Waals surface area contributed by atoms with E-state index in [9.17, 15) is 4.39 Å². The Labute approximate surface area is 88.1 Å². The zero-order valence-corrected chi connectivity index (χ0v) is 8.82. The molecule has 1 nitrogen and oxygen atoms in total. The predicted molar refractivity (Wildman–Crippen MR) is 59.2 cm³/mol.